The van der Waals surface area contributed by atoms with E-state index in [4.69, 9.17) is 22.1 Å². The van der Waals surface area contributed by atoms with Crippen LogP contribution in [0.4, 0.5) is 0 Å². The molecule has 2 aromatic rings. The molecule has 0 bridgehead atoms. The summed E-state index contributed by atoms with van der Waals surface area (Å²) in [4.78, 5) is 0. The molecule has 5 heteroatoms. The maximum Gasteiger partial charge on any atom is 0.128 e. The Labute approximate surface area is 105 Å². The summed E-state index contributed by atoms with van der Waals surface area (Å²) < 4.78 is 7.08. The van der Waals surface area contributed by atoms with Crippen LogP contribution in [0.2, 0.25) is 5.02 Å². The van der Waals surface area contributed by atoms with Gasteiger partial charge in [-0.05, 0) is 12.1 Å². The maximum absolute atomic E-state index is 6.22. The number of rotatable bonds is 3. The first-order valence-corrected chi connectivity index (χ1v) is 5.60. The van der Waals surface area contributed by atoms with Gasteiger partial charge in [0, 0.05) is 24.7 Å². The fraction of sp³-hybridized carbons (Fsp3) is 0.250. The molecule has 17 heavy (non-hydrogen) atoms. The molecule has 0 aliphatic rings. The monoisotopic (exact) mass is 251 g/mol. The number of aryl methyl sites for hydroxylation is 1. The number of halogens is 1. The van der Waals surface area contributed by atoms with Crippen LogP contribution < -0.4 is 10.5 Å². The van der Waals surface area contributed by atoms with Crippen LogP contribution in [-0.2, 0) is 13.6 Å². The van der Waals surface area contributed by atoms with Crippen molar-refractivity contribution in [1.29, 1.82) is 0 Å². The number of hydrogen-bond donors (Lipinski definition) is 1. The normalized spacial score (nSPS) is 10.6. The second-order valence-electron chi connectivity index (χ2n) is 3.65. The predicted molar refractivity (Wildman–Crippen MR) is 68.1 cm³/mol. The molecule has 0 amide bonds. The zero-order chi connectivity index (χ0) is 12.4. The summed E-state index contributed by atoms with van der Waals surface area (Å²) in [7, 11) is 3.47. The molecule has 0 radical (unpaired) electrons. The first-order valence-electron chi connectivity index (χ1n) is 5.22. The van der Waals surface area contributed by atoms with Crippen molar-refractivity contribution in [3.8, 4) is 16.9 Å². The SMILES string of the molecule is COc1cccc(Cl)c1-c1cnn(C)c1CN. The number of hydrogen-bond acceptors (Lipinski definition) is 3. The molecule has 0 aliphatic carbocycles. The molecule has 0 saturated carbocycles. The van der Waals surface area contributed by atoms with Gasteiger partial charge in [0.2, 0.25) is 0 Å². The standard InChI is InChI=1S/C12H14ClN3O/c1-16-10(6-14)8(7-15-16)12-9(13)4-3-5-11(12)17-2/h3-5,7H,6,14H2,1-2H3. The Morgan fingerprint density at radius 1 is 1.47 bits per heavy atom. The average molecular weight is 252 g/mol. The molecule has 0 unspecified atom stereocenters. The molecule has 1 aromatic carbocycles. The van der Waals surface area contributed by atoms with Crippen molar-refractivity contribution in [3.63, 3.8) is 0 Å². The average Bonchev–Trinajstić information content (AvgIpc) is 2.69. The molecular weight excluding hydrogens is 238 g/mol. The Morgan fingerprint density at radius 2 is 2.24 bits per heavy atom. The zero-order valence-electron chi connectivity index (χ0n) is 9.77. The largest absolute Gasteiger partial charge is 0.496 e. The summed E-state index contributed by atoms with van der Waals surface area (Å²) >= 11 is 6.22. The highest BCUT2D eigenvalue weighted by molar-refractivity contribution is 6.33. The quantitative estimate of drug-likeness (QED) is 0.910. The van der Waals surface area contributed by atoms with E-state index < -0.39 is 0 Å². The van der Waals surface area contributed by atoms with Crippen LogP contribution in [0.25, 0.3) is 11.1 Å². The van der Waals surface area contributed by atoms with Gasteiger partial charge in [-0.1, -0.05) is 17.7 Å². The predicted octanol–water partition coefficient (Wildman–Crippen LogP) is 2.21. The maximum atomic E-state index is 6.22. The van der Waals surface area contributed by atoms with E-state index in [0.717, 1.165) is 22.6 Å². The van der Waals surface area contributed by atoms with Crippen molar-refractivity contribution < 1.29 is 4.74 Å². The summed E-state index contributed by atoms with van der Waals surface area (Å²) in [6.45, 7) is 0.403. The second-order valence-corrected chi connectivity index (χ2v) is 4.06. The topological polar surface area (TPSA) is 53.1 Å². The van der Waals surface area contributed by atoms with Gasteiger partial charge in [-0.25, -0.2) is 0 Å². The van der Waals surface area contributed by atoms with Gasteiger partial charge >= 0.3 is 0 Å². The smallest absolute Gasteiger partial charge is 0.128 e. The number of aromatic nitrogens is 2. The lowest BCUT2D eigenvalue weighted by Gasteiger charge is -2.10. The number of benzene rings is 1. The van der Waals surface area contributed by atoms with Gasteiger partial charge in [0.05, 0.1) is 24.0 Å². The lowest BCUT2D eigenvalue weighted by atomic mass is 10.1. The van der Waals surface area contributed by atoms with Gasteiger partial charge in [0.25, 0.3) is 0 Å². The minimum absolute atomic E-state index is 0.403. The van der Waals surface area contributed by atoms with E-state index in [1.807, 2.05) is 25.2 Å². The molecule has 0 spiro atoms. The Kier molecular flexibility index (Phi) is 3.36. The van der Waals surface area contributed by atoms with Gasteiger partial charge in [0.15, 0.2) is 0 Å². The van der Waals surface area contributed by atoms with Crippen molar-refractivity contribution in [2.24, 2.45) is 12.8 Å². The van der Waals surface area contributed by atoms with Gasteiger partial charge in [-0.2, -0.15) is 5.10 Å². The van der Waals surface area contributed by atoms with Gasteiger partial charge in [-0.3, -0.25) is 4.68 Å². The highest BCUT2D eigenvalue weighted by atomic mass is 35.5. The Balaban J connectivity index is 2.67. The molecule has 2 N–H and O–H groups in total. The van der Waals surface area contributed by atoms with E-state index in [9.17, 15) is 0 Å². The molecule has 90 valence electrons. The highest BCUT2D eigenvalue weighted by Gasteiger charge is 2.16. The van der Waals surface area contributed by atoms with Crippen LogP contribution in [0, 0.1) is 0 Å². The molecule has 0 aliphatic heterocycles. The van der Waals surface area contributed by atoms with Crippen LogP contribution in [0.3, 0.4) is 0 Å². The molecule has 1 heterocycles. The third kappa shape index (κ3) is 2.01. The number of nitrogens with two attached hydrogens (primary N) is 1. The summed E-state index contributed by atoms with van der Waals surface area (Å²) in [5, 5.41) is 4.83. The molecule has 0 saturated heterocycles. The second kappa shape index (κ2) is 4.77. The van der Waals surface area contributed by atoms with Crippen LogP contribution in [0.1, 0.15) is 5.69 Å². The Hall–Kier alpha value is -1.52. The molecule has 1 aromatic heterocycles. The van der Waals surface area contributed by atoms with Gasteiger partial charge in [0.1, 0.15) is 5.75 Å². The molecule has 2 rings (SSSR count). The Bertz CT molecular complexity index is 537. The third-order valence-electron chi connectivity index (χ3n) is 2.72. The van der Waals surface area contributed by atoms with Crippen molar-refractivity contribution in [2.75, 3.05) is 7.11 Å². The zero-order valence-corrected chi connectivity index (χ0v) is 10.5. The summed E-state index contributed by atoms with van der Waals surface area (Å²) in [5.74, 6) is 0.722. The molecule has 0 fully saturated rings. The first-order chi connectivity index (χ1) is 8.19. The van der Waals surface area contributed by atoms with Crippen molar-refractivity contribution >= 4 is 11.6 Å². The van der Waals surface area contributed by atoms with E-state index in [2.05, 4.69) is 5.10 Å². The van der Waals surface area contributed by atoms with Crippen molar-refractivity contribution in [1.82, 2.24) is 9.78 Å². The fourth-order valence-corrected chi connectivity index (χ4v) is 2.12. The van der Waals surface area contributed by atoms with E-state index in [-0.39, 0.29) is 0 Å². The van der Waals surface area contributed by atoms with E-state index in [0.29, 0.717) is 11.6 Å². The van der Waals surface area contributed by atoms with Crippen LogP contribution >= 0.6 is 11.6 Å². The van der Waals surface area contributed by atoms with E-state index >= 15 is 0 Å². The van der Waals surface area contributed by atoms with Gasteiger partial charge < -0.3 is 10.5 Å². The molecule has 0 atom stereocenters. The van der Waals surface area contributed by atoms with Crippen molar-refractivity contribution in [2.45, 2.75) is 6.54 Å². The third-order valence-corrected chi connectivity index (χ3v) is 3.03. The minimum Gasteiger partial charge on any atom is -0.496 e. The molecular formula is C12H14ClN3O. The minimum atomic E-state index is 0.403. The fourth-order valence-electron chi connectivity index (χ4n) is 1.85. The lowest BCUT2D eigenvalue weighted by molar-refractivity contribution is 0.416. The lowest BCUT2D eigenvalue weighted by Crippen LogP contribution is -2.05. The van der Waals surface area contributed by atoms with Crippen LogP contribution in [-0.4, -0.2) is 16.9 Å². The highest BCUT2D eigenvalue weighted by Crippen LogP contribution is 2.37. The number of ether oxygens (including phenoxy) is 1. The van der Waals surface area contributed by atoms with Crippen LogP contribution in [0.15, 0.2) is 24.4 Å². The summed E-state index contributed by atoms with van der Waals surface area (Å²) in [5.41, 5.74) is 8.41. The molecule has 4 nitrogen and oxygen atoms in total. The summed E-state index contributed by atoms with van der Waals surface area (Å²) in [6, 6.07) is 5.55. The summed E-state index contributed by atoms with van der Waals surface area (Å²) in [6.07, 6.45) is 1.76. The number of nitrogens with zero attached hydrogens (tertiary/aromatic N) is 2. The van der Waals surface area contributed by atoms with Crippen molar-refractivity contribution in [3.05, 3.63) is 35.1 Å². The van der Waals surface area contributed by atoms with Gasteiger partial charge in [-0.15, -0.1) is 0 Å². The van der Waals surface area contributed by atoms with Crippen LogP contribution in [0.5, 0.6) is 5.75 Å². The first kappa shape index (κ1) is 12.0. The Morgan fingerprint density at radius 3 is 2.88 bits per heavy atom. The van der Waals surface area contributed by atoms with E-state index in [1.54, 1.807) is 18.0 Å². The van der Waals surface area contributed by atoms with E-state index in [1.165, 1.54) is 0 Å². The number of methoxy groups -OCH3 is 1.